The van der Waals surface area contributed by atoms with Gasteiger partial charge in [-0.15, -0.1) is 0 Å². The molecule has 0 unspecified atom stereocenters. The normalized spacial score (nSPS) is 9.53. The average molecular weight is 236 g/mol. The Morgan fingerprint density at radius 1 is 1.35 bits per heavy atom. The average Bonchev–Trinajstić information content (AvgIpc) is 2.36. The second kappa shape index (κ2) is 6.47. The summed E-state index contributed by atoms with van der Waals surface area (Å²) in [6, 6.07) is 3.31. The molecule has 1 rings (SSSR count). The van der Waals surface area contributed by atoms with Crippen LogP contribution in [0.5, 0.6) is 0 Å². The maximum Gasteiger partial charge on any atom is 0.255 e. The van der Waals surface area contributed by atoms with Crippen LogP contribution in [-0.2, 0) is 4.79 Å². The van der Waals surface area contributed by atoms with Crippen LogP contribution in [0, 0.1) is 0 Å². The number of hydrogen-bond donors (Lipinski definition) is 3. The molecule has 0 radical (unpaired) electrons. The molecule has 1 aromatic rings. The Morgan fingerprint density at radius 3 is 2.76 bits per heavy atom. The standard InChI is InChI=1S/C11H16N4O2/c1-3-13-9(16)7-15-11(17)8-5-4-6-14-10(8)12-2/h4-6H,3,7H2,1-2H3,(H,12,14)(H,13,16)(H,15,17). The zero-order valence-electron chi connectivity index (χ0n) is 9.91. The lowest BCUT2D eigenvalue weighted by Gasteiger charge is -2.08. The van der Waals surface area contributed by atoms with E-state index in [1.807, 2.05) is 6.92 Å². The van der Waals surface area contributed by atoms with E-state index in [0.717, 1.165) is 0 Å². The van der Waals surface area contributed by atoms with Gasteiger partial charge >= 0.3 is 0 Å². The third-order valence-corrected chi connectivity index (χ3v) is 2.07. The van der Waals surface area contributed by atoms with Gasteiger partial charge in [0.25, 0.3) is 5.91 Å². The molecule has 1 heterocycles. The molecule has 1 aromatic heterocycles. The van der Waals surface area contributed by atoms with Crippen molar-refractivity contribution in [3.8, 4) is 0 Å². The fourth-order valence-electron chi connectivity index (χ4n) is 1.30. The van der Waals surface area contributed by atoms with Gasteiger partial charge in [-0.05, 0) is 19.1 Å². The molecule has 0 aliphatic carbocycles. The molecule has 0 aliphatic heterocycles. The van der Waals surface area contributed by atoms with E-state index in [0.29, 0.717) is 17.9 Å². The lowest BCUT2D eigenvalue weighted by Crippen LogP contribution is -2.37. The number of aromatic nitrogens is 1. The SMILES string of the molecule is CCNC(=O)CNC(=O)c1cccnc1NC. The predicted octanol–water partition coefficient (Wildman–Crippen LogP) is -0.0108. The summed E-state index contributed by atoms with van der Waals surface area (Å²) >= 11 is 0. The number of carbonyl (C=O) groups is 2. The molecule has 0 saturated carbocycles. The van der Waals surface area contributed by atoms with Crippen molar-refractivity contribution in [2.24, 2.45) is 0 Å². The van der Waals surface area contributed by atoms with Crippen LogP contribution in [0.3, 0.4) is 0 Å². The highest BCUT2D eigenvalue weighted by Crippen LogP contribution is 2.09. The van der Waals surface area contributed by atoms with Crippen LogP contribution < -0.4 is 16.0 Å². The molecule has 0 bridgehead atoms. The summed E-state index contributed by atoms with van der Waals surface area (Å²) in [5.41, 5.74) is 0.416. The van der Waals surface area contributed by atoms with Crippen LogP contribution >= 0.6 is 0 Å². The van der Waals surface area contributed by atoms with Crippen LogP contribution in [0.1, 0.15) is 17.3 Å². The number of nitrogens with one attached hydrogen (secondary N) is 3. The molecule has 0 spiro atoms. The topological polar surface area (TPSA) is 83.1 Å². The fourth-order valence-corrected chi connectivity index (χ4v) is 1.30. The Bertz CT molecular complexity index is 406. The third-order valence-electron chi connectivity index (χ3n) is 2.07. The summed E-state index contributed by atoms with van der Waals surface area (Å²) in [4.78, 5) is 26.9. The van der Waals surface area contributed by atoms with E-state index in [1.165, 1.54) is 0 Å². The highest BCUT2D eigenvalue weighted by atomic mass is 16.2. The molecular weight excluding hydrogens is 220 g/mol. The first-order chi connectivity index (χ1) is 8.19. The lowest BCUT2D eigenvalue weighted by molar-refractivity contribution is -0.120. The van der Waals surface area contributed by atoms with Gasteiger partial charge in [0.05, 0.1) is 12.1 Å². The molecule has 0 aromatic carbocycles. The molecule has 6 heteroatoms. The highest BCUT2D eigenvalue weighted by Gasteiger charge is 2.11. The van der Waals surface area contributed by atoms with Crippen molar-refractivity contribution in [2.45, 2.75) is 6.92 Å². The van der Waals surface area contributed by atoms with E-state index in [2.05, 4.69) is 20.9 Å². The minimum atomic E-state index is -0.325. The van der Waals surface area contributed by atoms with E-state index in [9.17, 15) is 9.59 Å². The molecule has 0 atom stereocenters. The Morgan fingerprint density at radius 2 is 2.12 bits per heavy atom. The fraction of sp³-hybridized carbons (Fsp3) is 0.364. The maximum absolute atomic E-state index is 11.8. The first-order valence-electron chi connectivity index (χ1n) is 5.36. The zero-order chi connectivity index (χ0) is 12.7. The quantitative estimate of drug-likeness (QED) is 0.671. The van der Waals surface area contributed by atoms with Crippen molar-refractivity contribution in [1.82, 2.24) is 15.6 Å². The van der Waals surface area contributed by atoms with E-state index < -0.39 is 0 Å². The molecule has 0 fully saturated rings. The Balaban J connectivity index is 2.61. The maximum atomic E-state index is 11.8. The van der Waals surface area contributed by atoms with Crippen molar-refractivity contribution < 1.29 is 9.59 Å². The van der Waals surface area contributed by atoms with E-state index in [-0.39, 0.29) is 18.4 Å². The molecular formula is C11H16N4O2. The van der Waals surface area contributed by atoms with Gasteiger partial charge in [-0.3, -0.25) is 9.59 Å². The highest BCUT2D eigenvalue weighted by molar-refractivity contribution is 6.00. The number of pyridine rings is 1. The van der Waals surface area contributed by atoms with Crippen molar-refractivity contribution >= 4 is 17.6 Å². The van der Waals surface area contributed by atoms with Gasteiger partial charge in [-0.2, -0.15) is 0 Å². The van der Waals surface area contributed by atoms with Gasteiger partial charge in [0, 0.05) is 19.8 Å². The smallest absolute Gasteiger partial charge is 0.255 e. The number of likely N-dealkylation sites (N-methyl/N-ethyl adjacent to an activating group) is 1. The van der Waals surface area contributed by atoms with Crippen LogP contribution in [-0.4, -0.2) is 36.9 Å². The molecule has 2 amide bonds. The zero-order valence-corrected chi connectivity index (χ0v) is 9.91. The summed E-state index contributed by atoms with van der Waals surface area (Å²) in [6.07, 6.45) is 1.59. The predicted molar refractivity (Wildman–Crippen MR) is 64.8 cm³/mol. The van der Waals surface area contributed by atoms with Gasteiger partial charge in [-0.25, -0.2) is 4.98 Å². The second-order valence-corrected chi connectivity index (χ2v) is 3.29. The molecule has 0 saturated heterocycles. The van der Waals surface area contributed by atoms with Gasteiger partial charge in [0.15, 0.2) is 0 Å². The first kappa shape index (κ1) is 13.0. The first-order valence-corrected chi connectivity index (χ1v) is 5.36. The van der Waals surface area contributed by atoms with Gasteiger partial charge in [-0.1, -0.05) is 0 Å². The van der Waals surface area contributed by atoms with Crippen LogP contribution in [0.4, 0.5) is 5.82 Å². The summed E-state index contributed by atoms with van der Waals surface area (Å²) in [5, 5.41) is 7.94. The third kappa shape index (κ3) is 3.75. The second-order valence-electron chi connectivity index (χ2n) is 3.29. The Hall–Kier alpha value is -2.11. The van der Waals surface area contributed by atoms with Gasteiger partial charge < -0.3 is 16.0 Å². The summed E-state index contributed by atoms with van der Waals surface area (Å²) in [6.45, 7) is 2.33. The number of carbonyl (C=O) groups excluding carboxylic acids is 2. The monoisotopic (exact) mass is 236 g/mol. The molecule has 6 nitrogen and oxygen atoms in total. The summed E-state index contributed by atoms with van der Waals surface area (Å²) in [7, 11) is 1.68. The lowest BCUT2D eigenvalue weighted by atomic mass is 10.2. The number of anilines is 1. The van der Waals surface area contributed by atoms with Crippen LogP contribution in [0.25, 0.3) is 0 Å². The number of nitrogens with zero attached hydrogens (tertiary/aromatic N) is 1. The molecule has 17 heavy (non-hydrogen) atoms. The van der Waals surface area contributed by atoms with Gasteiger partial charge in [0.2, 0.25) is 5.91 Å². The van der Waals surface area contributed by atoms with Gasteiger partial charge in [0.1, 0.15) is 5.82 Å². The van der Waals surface area contributed by atoms with Crippen molar-refractivity contribution in [3.63, 3.8) is 0 Å². The van der Waals surface area contributed by atoms with E-state index in [1.54, 1.807) is 25.4 Å². The van der Waals surface area contributed by atoms with E-state index >= 15 is 0 Å². The van der Waals surface area contributed by atoms with Crippen molar-refractivity contribution in [1.29, 1.82) is 0 Å². The Kier molecular flexibility index (Phi) is 4.93. The van der Waals surface area contributed by atoms with Crippen LogP contribution in [0.2, 0.25) is 0 Å². The molecule has 0 aliphatic rings. The minimum Gasteiger partial charge on any atom is -0.372 e. The Labute approximate surface area is 99.8 Å². The molecule has 3 N–H and O–H groups in total. The van der Waals surface area contributed by atoms with Crippen LogP contribution in [0.15, 0.2) is 18.3 Å². The van der Waals surface area contributed by atoms with Crippen molar-refractivity contribution in [3.05, 3.63) is 23.9 Å². The summed E-state index contributed by atoms with van der Waals surface area (Å²) in [5.74, 6) is -0.0506. The largest absolute Gasteiger partial charge is 0.372 e. The summed E-state index contributed by atoms with van der Waals surface area (Å²) < 4.78 is 0. The van der Waals surface area contributed by atoms with Crippen molar-refractivity contribution in [2.75, 3.05) is 25.5 Å². The minimum absolute atomic E-state index is 0.0370. The molecule has 92 valence electrons. The number of amides is 2. The van der Waals surface area contributed by atoms with E-state index in [4.69, 9.17) is 0 Å². The number of rotatable bonds is 5. The number of hydrogen-bond acceptors (Lipinski definition) is 4.